The Morgan fingerprint density at radius 2 is 1.79 bits per heavy atom. The van der Waals surface area contributed by atoms with Crippen molar-refractivity contribution in [3.8, 4) is 11.5 Å². The third-order valence-electron chi connectivity index (χ3n) is 4.59. The standard InChI is InChI=1S/C23H25N3O3/c1-4-17-7-5-6-8-19(17)26-23(27)18-11-12-24-22(14-18)25-15-16-9-10-20(28-2)21(13-16)29-3/h5-14H,4,15H2,1-3H3,(H,24,25)(H,26,27). The van der Waals surface area contributed by atoms with Crippen LogP contribution in [0.5, 0.6) is 11.5 Å². The van der Waals surface area contributed by atoms with E-state index in [1.807, 2.05) is 42.5 Å². The second kappa shape index (κ2) is 9.59. The lowest BCUT2D eigenvalue weighted by Crippen LogP contribution is -2.14. The number of nitrogens with zero attached hydrogens (tertiary/aromatic N) is 1. The number of nitrogens with one attached hydrogen (secondary N) is 2. The number of para-hydroxylation sites is 1. The van der Waals surface area contributed by atoms with Gasteiger partial charge in [-0.1, -0.05) is 31.2 Å². The zero-order valence-corrected chi connectivity index (χ0v) is 16.9. The molecule has 3 aromatic rings. The number of aryl methyl sites for hydroxylation is 1. The Bertz CT molecular complexity index is 989. The molecule has 1 aromatic heterocycles. The summed E-state index contributed by atoms with van der Waals surface area (Å²) in [4.78, 5) is 17.0. The van der Waals surface area contributed by atoms with Gasteiger partial charge >= 0.3 is 0 Å². The minimum Gasteiger partial charge on any atom is -0.493 e. The Morgan fingerprint density at radius 1 is 1.00 bits per heavy atom. The zero-order valence-electron chi connectivity index (χ0n) is 16.9. The number of hydrogen-bond donors (Lipinski definition) is 2. The SMILES string of the molecule is CCc1ccccc1NC(=O)c1ccnc(NCc2ccc(OC)c(OC)c2)c1. The van der Waals surface area contributed by atoms with E-state index in [2.05, 4.69) is 22.5 Å². The van der Waals surface area contributed by atoms with Crippen molar-refractivity contribution in [2.75, 3.05) is 24.9 Å². The smallest absolute Gasteiger partial charge is 0.255 e. The normalized spacial score (nSPS) is 10.3. The molecule has 2 aromatic carbocycles. The molecular weight excluding hydrogens is 366 g/mol. The molecule has 0 unspecified atom stereocenters. The van der Waals surface area contributed by atoms with Gasteiger partial charge in [0, 0.05) is 24.0 Å². The highest BCUT2D eigenvalue weighted by Gasteiger charge is 2.10. The molecule has 0 saturated heterocycles. The van der Waals surface area contributed by atoms with Crippen LogP contribution in [0.3, 0.4) is 0 Å². The van der Waals surface area contributed by atoms with Crippen LogP contribution in [-0.4, -0.2) is 25.1 Å². The number of anilines is 2. The lowest BCUT2D eigenvalue weighted by atomic mass is 10.1. The number of amides is 1. The molecule has 0 aliphatic heterocycles. The molecule has 29 heavy (non-hydrogen) atoms. The van der Waals surface area contributed by atoms with Gasteiger partial charge in [-0.3, -0.25) is 4.79 Å². The molecule has 0 saturated carbocycles. The van der Waals surface area contributed by atoms with Crippen molar-refractivity contribution in [2.45, 2.75) is 19.9 Å². The van der Waals surface area contributed by atoms with Crippen molar-refractivity contribution in [3.05, 3.63) is 77.5 Å². The van der Waals surface area contributed by atoms with Gasteiger partial charge in [0.1, 0.15) is 5.82 Å². The highest BCUT2D eigenvalue weighted by Crippen LogP contribution is 2.27. The quantitative estimate of drug-likeness (QED) is 0.590. The Labute approximate surface area is 170 Å². The van der Waals surface area contributed by atoms with Crippen molar-refractivity contribution in [3.63, 3.8) is 0 Å². The second-order valence-corrected chi connectivity index (χ2v) is 6.44. The molecule has 0 atom stereocenters. The molecule has 0 fully saturated rings. The molecule has 150 valence electrons. The summed E-state index contributed by atoms with van der Waals surface area (Å²) in [6, 6.07) is 17.0. The van der Waals surface area contributed by atoms with Crippen LogP contribution in [0.1, 0.15) is 28.4 Å². The third kappa shape index (κ3) is 5.04. The van der Waals surface area contributed by atoms with E-state index in [4.69, 9.17) is 9.47 Å². The molecule has 3 rings (SSSR count). The number of carbonyl (C=O) groups is 1. The molecule has 0 spiro atoms. The van der Waals surface area contributed by atoms with Gasteiger partial charge in [0.15, 0.2) is 11.5 Å². The third-order valence-corrected chi connectivity index (χ3v) is 4.59. The van der Waals surface area contributed by atoms with Crippen molar-refractivity contribution in [1.29, 1.82) is 0 Å². The van der Waals surface area contributed by atoms with Crippen LogP contribution in [0.15, 0.2) is 60.8 Å². The molecular formula is C23H25N3O3. The van der Waals surface area contributed by atoms with Crippen molar-refractivity contribution in [2.24, 2.45) is 0 Å². The topological polar surface area (TPSA) is 72.5 Å². The van der Waals surface area contributed by atoms with E-state index in [-0.39, 0.29) is 5.91 Å². The highest BCUT2D eigenvalue weighted by molar-refractivity contribution is 6.05. The van der Waals surface area contributed by atoms with Crippen LogP contribution in [-0.2, 0) is 13.0 Å². The number of benzene rings is 2. The minimum absolute atomic E-state index is 0.164. The van der Waals surface area contributed by atoms with Crippen LogP contribution >= 0.6 is 0 Å². The molecule has 0 bridgehead atoms. The average molecular weight is 391 g/mol. The number of rotatable bonds is 8. The Morgan fingerprint density at radius 3 is 2.55 bits per heavy atom. The van der Waals surface area contributed by atoms with E-state index in [1.165, 1.54) is 0 Å². The summed E-state index contributed by atoms with van der Waals surface area (Å²) in [5, 5.41) is 6.23. The number of ether oxygens (including phenoxy) is 2. The van der Waals surface area contributed by atoms with Gasteiger partial charge in [0.25, 0.3) is 5.91 Å². The van der Waals surface area contributed by atoms with Gasteiger partial charge < -0.3 is 20.1 Å². The number of hydrogen-bond acceptors (Lipinski definition) is 5. The maximum atomic E-state index is 12.7. The zero-order chi connectivity index (χ0) is 20.6. The predicted molar refractivity (Wildman–Crippen MR) is 115 cm³/mol. The summed E-state index contributed by atoms with van der Waals surface area (Å²) >= 11 is 0. The molecule has 6 heteroatoms. The molecule has 6 nitrogen and oxygen atoms in total. The lowest BCUT2D eigenvalue weighted by Gasteiger charge is -2.12. The summed E-state index contributed by atoms with van der Waals surface area (Å²) < 4.78 is 10.6. The second-order valence-electron chi connectivity index (χ2n) is 6.44. The van der Waals surface area contributed by atoms with Gasteiger partial charge in [0.05, 0.1) is 14.2 Å². The highest BCUT2D eigenvalue weighted by atomic mass is 16.5. The Kier molecular flexibility index (Phi) is 6.68. The number of pyridine rings is 1. The van der Waals surface area contributed by atoms with Crippen molar-refractivity contribution < 1.29 is 14.3 Å². The first-order valence-electron chi connectivity index (χ1n) is 9.44. The first-order chi connectivity index (χ1) is 14.1. The van der Waals surface area contributed by atoms with Gasteiger partial charge in [-0.2, -0.15) is 0 Å². The Hall–Kier alpha value is -3.54. The summed E-state index contributed by atoms with van der Waals surface area (Å²) in [6.07, 6.45) is 2.47. The number of aromatic nitrogens is 1. The van der Waals surface area contributed by atoms with Crippen LogP contribution in [0, 0.1) is 0 Å². The number of carbonyl (C=O) groups excluding carboxylic acids is 1. The van der Waals surface area contributed by atoms with Crippen molar-refractivity contribution >= 4 is 17.4 Å². The summed E-state index contributed by atoms with van der Waals surface area (Å²) in [6.45, 7) is 2.60. The molecule has 0 radical (unpaired) electrons. The van der Waals surface area contributed by atoms with Crippen LogP contribution in [0.2, 0.25) is 0 Å². The van der Waals surface area contributed by atoms with E-state index in [0.717, 1.165) is 23.2 Å². The summed E-state index contributed by atoms with van der Waals surface area (Å²) in [7, 11) is 3.21. The monoisotopic (exact) mass is 391 g/mol. The maximum absolute atomic E-state index is 12.7. The van der Waals surface area contributed by atoms with Gasteiger partial charge in [0.2, 0.25) is 0 Å². The fourth-order valence-electron chi connectivity index (χ4n) is 3.00. The minimum atomic E-state index is -0.164. The van der Waals surface area contributed by atoms with E-state index in [0.29, 0.717) is 29.4 Å². The molecule has 1 amide bonds. The van der Waals surface area contributed by atoms with Gasteiger partial charge in [-0.25, -0.2) is 4.98 Å². The summed E-state index contributed by atoms with van der Waals surface area (Å²) in [5.41, 5.74) is 3.48. The van der Waals surface area contributed by atoms with E-state index in [9.17, 15) is 4.79 Å². The fourth-order valence-corrected chi connectivity index (χ4v) is 3.00. The molecule has 2 N–H and O–H groups in total. The molecule has 1 heterocycles. The van der Waals surface area contributed by atoms with Gasteiger partial charge in [-0.15, -0.1) is 0 Å². The van der Waals surface area contributed by atoms with Crippen LogP contribution in [0.25, 0.3) is 0 Å². The average Bonchev–Trinajstić information content (AvgIpc) is 2.78. The largest absolute Gasteiger partial charge is 0.493 e. The summed E-state index contributed by atoms with van der Waals surface area (Å²) in [5.74, 6) is 1.81. The van der Waals surface area contributed by atoms with Gasteiger partial charge in [-0.05, 0) is 47.9 Å². The molecule has 0 aliphatic carbocycles. The fraction of sp³-hybridized carbons (Fsp3) is 0.217. The van der Waals surface area contributed by atoms with Crippen molar-refractivity contribution in [1.82, 2.24) is 4.98 Å². The number of methoxy groups -OCH3 is 2. The predicted octanol–water partition coefficient (Wildman–Crippen LogP) is 4.53. The van der Waals surface area contributed by atoms with E-state index < -0.39 is 0 Å². The first kappa shape index (κ1) is 20.2. The molecule has 0 aliphatic rings. The van der Waals surface area contributed by atoms with Crippen LogP contribution in [0.4, 0.5) is 11.5 Å². The van der Waals surface area contributed by atoms with Crippen LogP contribution < -0.4 is 20.1 Å². The van der Waals surface area contributed by atoms with E-state index in [1.54, 1.807) is 32.5 Å². The first-order valence-corrected chi connectivity index (χ1v) is 9.44. The Balaban J connectivity index is 1.68. The van der Waals surface area contributed by atoms with E-state index >= 15 is 0 Å². The lowest BCUT2D eigenvalue weighted by molar-refractivity contribution is 0.102. The maximum Gasteiger partial charge on any atom is 0.255 e.